The predicted octanol–water partition coefficient (Wildman–Crippen LogP) is 1.72. The van der Waals surface area contributed by atoms with E-state index in [0.29, 0.717) is 21.5 Å². The Kier molecular flexibility index (Phi) is 4.03. The second-order valence-electron chi connectivity index (χ2n) is 4.09. The number of amides is 1. The summed E-state index contributed by atoms with van der Waals surface area (Å²) in [5, 5.41) is 2.48. The molecular formula is C11H10BrNO4S2. The Bertz CT molecular complexity index is 670. The van der Waals surface area contributed by atoms with Gasteiger partial charge in [-0.05, 0) is 28.1 Å². The highest BCUT2D eigenvalue weighted by molar-refractivity contribution is 9.10. The summed E-state index contributed by atoms with van der Waals surface area (Å²) in [5.41, 5.74) is 0.810. The number of hydrogen-bond donors (Lipinski definition) is 1. The van der Waals surface area contributed by atoms with Crippen LogP contribution in [0, 0.1) is 0 Å². The van der Waals surface area contributed by atoms with Crippen LogP contribution in [0.5, 0.6) is 0 Å². The minimum Gasteiger partial charge on any atom is -0.318 e. The molecule has 0 aliphatic carbocycles. The van der Waals surface area contributed by atoms with E-state index in [-0.39, 0.29) is 5.75 Å². The van der Waals surface area contributed by atoms with Gasteiger partial charge in [0.2, 0.25) is 0 Å². The highest BCUT2D eigenvalue weighted by atomic mass is 79.9. The number of sulfone groups is 1. The Morgan fingerprint density at radius 2 is 2.00 bits per heavy atom. The monoisotopic (exact) mass is 363 g/mol. The summed E-state index contributed by atoms with van der Waals surface area (Å²) < 4.78 is 22.8. The lowest BCUT2D eigenvalue weighted by Gasteiger charge is -2.06. The number of benzene rings is 1. The molecule has 0 atom stereocenters. The van der Waals surface area contributed by atoms with Crippen LogP contribution in [0.1, 0.15) is 10.4 Å². The van der Waals surface area contributed by atoms with Crippen molar-refractivity contribution >= 4 is 54.9 Å². The molecule has 8 heteroatoms. The normalized spacial score (nSPS) is 14.4. The van der Waals surface area contributed by atoms with E-state index < -0.39 is 21.5 Å². The van der Waals surface area contributed by atoms with Crippen molar-refractivity contribution in [3.05, 3.63) is 22.2 Å². The molecule has 19 heavy (non-hydrogen) atoms. The maximum Gasteiger partial charge on any atom is 0.296 e. The van der Waals surface area contributed by atoms with Crippen LogP contribution in [-0.2, 0) is 14.6 Å². The molecule has 5 nitrogen and oxygen atoms in total. The highest BCUT2D eigenvalue weighted by Crippen LogP contribution is 2.35. The van der Waals surface area contributed by atoms with Crippen LogP contribution in [0.15, 0.2) is 21.5 Å². The van der Waals surface area contributed by atoms with Gasteiger partial charge in [-0.2, -0.15) is 0 Å². The van der Waals surface area contributed by atoms with Gasteiger partial charge in [0.25, 0.3) is 11.7 Å². The Balaban J connectivity index is 2.18. The average molecular weight is 364 g/mol. The van der Waals surface area contributed by atoms with Crippen LogP contribution >= 0.6 is 27.7 Å². The zero-order valence-corrected chi connectivity index (χ0v) is 13.1. The molecule has 0 unspecified atom stereocenters. The second kappa shape index (κ2) is 5.26. The average Bonchev–Trinajstić information content (AvgIpc) is 2.54. The molecule has 1 amide bonds. The smallest absolute Gasteiger partial charge is 0.296 e. The minimum atomic E-state index is -3.00. The number of ketones is 1. The van der Waals surface area contributed by atoms with E-state index in [1.807, 2.05) is 0 Å². The zero-order valence-electron chi connectivity index (χ0n) is 9.90. The summed E-state index contributed by atoms with van der Waals surface area (Å²) in [6.45, 7) is 0. The number of nitrogens with one attached hydrogen (secondary N) is 1. The molecule has 0 aromatic heterocycles. The van der Waals surface area contributed by atoms with Crippen LogP contribution in [0.4, 0.5) is 5.69 Å². The van der Waals surface area contributed by atoms with Gasteiger partial charge in [-0.1, -0.05) is 0 Å². The Labute approximate surface area is 123 Å². The molecule has 0 bridgehead atoms. The van der Waals surface area contributed by atoms with Gasteiger partial charge >= 0.3 is 0 Å². The van der Waals surface area contributed by atoms with Gasteiger partial charge in [-0.15, -0.1) is 11.8 Å². The lowest BCUT2D eigenvalue weighted by atomic mass is 10.1. The Morgan fingerprint density at radius 1 is 1.32 bits per heavy atom. The molecule has 1 aliphatic heterocycles. The van der Waals surface area contributed by atoms with Crippen LogP contribution < -0.4 is 5.32 Å². The summed E-state index contributed by atoms with van der Waals surface area (Å²) in [7, 11) is -3.00. The maximum atomic E-state index is 11.5. The Hall–Kier alpha value is -0.860. The molecule has 1 aromatic carbocycles. The van der Waals surface area contributed by atoms with E-state index in [1.54, 1.807) is 12.1 Å². The summed E-state index contributed by atoms with van der Waals surface area (Å²) in [6, 6.07) is 3.26. The fraction of sp³-hybridized carbons (Fsp3) is 0.273. The molecule has 1 aliphatic rings. The fourth-order valence-electron chi connectivity index (χ4n) is 1.56. The van der Waals surface area contributed by atoms with Crippen molar-refractivity contribution in [2.75, 3.05) is 23.1 Å². The second-order valence-corrected chi connectivity index (χ2v) is 8.34. The van der Waals surface area contributed by atoms with Gasteiger partial charge in [-0.25, -0.2) is 8.42 Å². The lowest BCUT2D eigenvalue weighted by Crippen LogP contribution is -2.12. The third kappa shape index (κ3) is 3.37. The van der Waals surface area contributed by atoms with Crippen LogP contribution in [0.3, 0.4) is 0 Å². The number of halogens is 1. The molecule has 0 radical (unpaired) electrons. The molecule has 0 spiro atoms. The van der Waals surface area contributed by atoms with Crippen molar-refractivity contribution in [1.29, 1.82) is 0 Å². The molecule has 102 valence electrons. The quantitative estimate of drug-likeness (QED) is 0.650. The molecule has 1 N–H and O–H groups in total. The summed E-state index contributed by atoms with van der Waals surface area (Å²) in [6.07, 6.45) is 1.18. The standard InChI is InChI=1S/C11H10BrNO4S2/c1-19(16,17)3-2-18-9-5-8-6(4-7(9)12)10(14)11(15)13-8/h4-5H,2-3H2,1H3,(H,13,14,15). The van der Waals surface area contributed by atoms with Crippen LogP contribution in [0.2, 0.25) is 0 Å². The first-order valence-corrected chi connectivity index (χ1v) is 9.11. The van der Waals surface area contributed by atoms with Gasteiger partial charge < -0.3 is 5.32 Å². The van der Waals surface area contributed by atoms with Crippen molar-refractivity contribution < 1.29 is 18.0 Å². The minimum absolute atomic E-state index is 0.0759. The summed E-state index contributed by atoms with van der Waals surface area (Å²) >= 11 is 4.67. The SMILES string of the molecule is CS(=O)(=O)CCSc1cc2c(cc1Br)C(=O)C(=O)N2. The van der Waals surface area contributed by atoms with Crippen molar-refractivity contribution in [1.82, 2.24) is 0 Å². The topological polar surface area (TPSA) is 80.3 Å². The maximum absolute atomic E-state index is 11.5. The first-order valence-electron chi connectivity index (χ1n) is 5.27. The fourth-order valence-corrected chi connectivity index (χ4v) is 4.41. The first-order chi connectivity index (χ1) is 8.78. The van der Waals surface area contributed by atoms with Gasteiger partial charge in [-0.3, -0.25) is 9.59 Å². The number of rotatable bonds is 4. The number of hydrogen-bond acceptors (Lipinski definition) is 5. The lowest BCUT2D eigenvalue weighted by molar-refractivity contribution is -0.112. The largest absolute Gasteiger partial charge is 0.318 e. The molecule has 1 heterocycles. The van der Waals surface area contributed by atoms with E-state index in [4.69, 9.17) is 0 Å². The molecule has 0 fully saturated rings. The third-order valence-corrected chi connectivity index (χ3v) is 5.66. The first kappa shape index (κ1) is 14.5. The number of anilines is 1. The molecule has 0 saturated carbocycles. The predicted molar refractivity (Wildman–Crippen MR) is 77.5 cm³/mol. The number of carbonyl (C=O) groups is 2. The van der Waals surface area contributed by atoms with Gasteiger partial charge in [0.05, 0.1) is 17.0 Å². The zero-order chi connectivity index (χ0) is 14.2. The number of fused-ring (bicyclic) bond motifs is 1. The van der Waals surface area contributed by atoms with Crippen molar-refractivity contribution in [2.24, 2.45) is 0 Å². The highest BCUT2D eigenvalue weighted by Gasteiger charge is 2.28. The third-order valence-electron chi connectivity index (χ3n) is 2.48. The van der Waals surface area contributed by atoms with Crippen molar-refractivity contribution in [2.45, 2.75) is 4.90 Å². The van der Waals surface area contributed by atoms with E-state index in [0.717, 1.165) is 4.90 Å². The number of thioether (sulfide) groups is 1. The number of Topliss-reactive ketones (excluding diaryl/α,β-unsaturated/α-hetero) is 1. The number of carbonyl (C=O) groups excluding carboxylic acids is 2. The molecule has 2 rings (SSSR count). The van der Waals surface area contributed by atoms with E-state index in [1.165, 1.54) is 18.0 Å². The summed E-state index contributed by atoms with van der Waals surface area (Å²) in [4.78, 5) is 23.5. The molecule has 0 saturated heterocycles. The van der Waals surface area contributed by atoms with Crippen molar-refractivity contribution in [3.63, 3.8) is 0 Å². The molecule has 1 aromatic rings. The molecular weight excluding hydrogens is 354 g/mol. The Morgan fingerprint density at radius 3 is 2.63 bits per heavy atom. The van der Waals surface area contributed by atoms with E-state index >= 15 is 0 Å². The summed E-state index contributed by atoms with van der Waals surface area (Å²) in [5.74, 6) is -0.700. The van der Waals surface area contributed by atoms with E-state index in [9.17, 15) is 18.0 Å². The van der Waals surface area contributed by atoms with Crippen molar-refractivity contribution in [3.8, 4) is 0 Å². The van der Waals surface area contributed by atoms with E-state index in [2.05, 4.69) is 21.2 Å². The van der Waals surface area contributed by atoms with Crippen LogP contribution in [-0.4, -0.2) is 37.9 Å². The van der Waals surface area contributed by atoms with Gasteiger partial charge in [0.15, 0.2) is 0 Å². The van der Waals surface area contributed by atoms with Crippen LogP contribution in [0.25, 0.3) is 0 Å². The van der Waals surface area contributed by atoms with Gasteiger partial charge in [0, 0.05) is 21.4 Å². The van der Waals surface area contributed by atoms with Gasteiger partial charge in [0.1, 0.15) is 9.84 Å².